The lowest BCUT2D eigenvalue weighted by atomic mass is 10.5. The molecule has 68 valence electrons. The Morgan fingerprint density at radius 3 is 2.18 bits per heavy atom. The van der Waals surface area contributed by atoms with E-state index in [1.807, 2.05) is 6.92 Å². The fourth-order valence-electron chi connectivity index (χ4n) is 0.837. The molecule has 0 saturated carbocycles. The average molecular weight is 180 g/mol. The van der Waals surface area contributed by atoms with Gasteiger partial charge in [-0.1, -0.05) is 6.92 Å². The second-order valence-electron chi connectivity index (χ2n) is 2.45. The Bertz CT molecular complexity index is 183. The molecule has 0 unspecified atom stereocenters. The number of hydrogen-bond acceptors (Lipinski definition) is 3. The summed E-state index contributed by atoms with van der Waals surface area (Å²) >= 11 is 0. The van der Waals surface area contributed by atoms with E-state index in [9.17, 15) is 8.42 Å². The molecule has 0 spiro atoms. The van der Waals surface area contributed by atoms with Gasteiger partial charge < -0.3 is 5.73 Å². The van der Waals surface area contributed by atoms with Crippen LogP contribution < -0.4 is 5.73 Å². The van der Waals surface area contributed by atoms with E-state index >= 15 is 0 Å². The van der Waals surface area contributed by atoms with Crippen LogP contribution in [0.2, 0.25) is 0 Å². The predicted octanol–water partition coefficient (Wildman–Crippen LogP) is -0.383. The first-order valence-electron chi connectivity index (χ1n) is 3.67. The van der Waals surface area contributed by atoms with Crippen molar-refractivity contribution in [1.82, 2.24) is 4.31 Å². The van der Waals surface area contributed by atoms with Crippen LogP contribution >= 0.6 is 0 Å². The van der Waals surface area contributed by atoms with Gasteiger partial charge in [-0.2, -0.15) is 0 Å². The number of rotatable bonds is 5. The van der Waals surface area contributed by atoms with Crippen molar-refractivity contribution in [2.24, 2.45) is 5.73 Å². The highest BCUT2D eigenvalue weighted by atomic mass is 32.2. The van der Waals surface area contributed by atoms with E-state index in [2.05, 4.69) is 0 Å². The Balaban J connectivity index is 4.11. The highest BCUT2D eigenvalue weighted by Gasteiger charge is 2.13. The molecule has 0 aliphatic heterocycles. The highest BCUT2D eigenvalue weighted by molar-refractivity contribution is 7.88. The lowest BCUT2D eigenvalue weighted by Gasteiger charge is -2.17. The summed E-state index contributed by atoms with van der Waals surface area (Å²) in [5.41, 5.74) is 5.25. The molecular formula is C6H16N2O2S. The molecule has 0 aliphatic carbocycles. The second kappa shape index (κ2) is 4.69. The Morgan fingerprint density at radius 1 is 1.36 bits per heavy atom. The monoisotopic (exact) mass is 180 g/mol. The predicted molar refractivity (Wildman–Crippen MR) is 45.8 cm³/mol. The van der Waals surface area contributed by atoms with Crippen molar-refractivity contribution in [2.75, 3.05) is 25.9 Å². The maximum atomic E-state index is 11.0. The first-order valence-corrected chi connectivity index (χ1v) is 5.52. The summed E-state index contributed by atoms with van der Waals surface area (Å²) < 4.78 is 23.4. The molecule has 0 rings (SSSR count). The third-order valence-corrected chi connectivity index (χ3v) is 2.62. The van der Waals surface area contributed by atoms with Crippen molar-refractivity contribution >= 4 is 10.0 Å². The highest BCUT2D eigenvalue weighted by Crippen LogP contribution is 1.97. The molecular weight excluding hydrogens is 164 g/mol. The quantitative estimate of drug-likeness (QED) is 0.627. The number of sulfonamides is 1. The van der Waals surface area contributed by atoms with Crippen molar-refractivity contribution in [3.63, 3.8) is 0 Å². The molecule has 2 N–H and O–H groups in total. The first-order chi connectivity index (χ1) is 5.02. The molecule has 0 radical (unpaired) electrons. The van der Waals surface area contributed by atoms with Gasteiger partial charge in [0.1, 0.15) is 0 Å². The van der Waals surface area contributed by atoms with E-state index in [0.717, 1.165) is 6.42 Å². The van der Waals surface area contributed by atoms with E-state index in [0.29, 0.717) is 19.6 Å². The van der Waals surface area contributed by atoms with Crippen LogP contribution in [-0.2, 0) is 10.0 Å². The van der Waals surface area contributed by atoms with Crippen LogP contribution in [0.1, 0.15) is 13.3 Å². The van der Waals surface area contributed by atoms with E-state index in [4.69, 9.17) is 5.73 Å². The molecule has 0 saturated heterocycles. The van der Waals surface area contributed by atoms with Crippen molar-refractivity contribution < 1.29 is 8.42 Å². The van der Waals surface area contributed by atoms with Crippen LogP contribution in [0, 0.1) is 0 Å². The van der Waals surface area contributed by atoms with Gasteiger partial charge in [-0.3, -0.25) is 0 Å². The van der Waals surface area contributed by atoms with E-state index in [1.165, 1.54) is 10.6 Å². The molecule has 0 fully saturated rings. The smallest absolute Gasteiger partial charge is 0.211 e. The summed E-state index contributed by atoms with van der Waals surface area (Å²) in [6.07, 6.45) is 2.03. The lowest BCUT2D eigenvalue weighted by Crippen LogP contribution is -2.35. The maximum Gasteiger partial charge on any atom is 0.211 e. The molecule has 0 amide bonds. The molecule has 0 aromatic carbocycles. The molecule has 0 atom stereocenters. The van der Waals surface area contributed by atoms with Gasteiger partial charge in [-0.05, 0) is 6.42 Å². The van der Waals surface area contributed by atoms with E-state index in [1.54, 1.807) is 0 Å². The van der Waals surface area contributed by atoms with Crippen molar-refractivity contribution in [3.05, 3.63) is 0 Å². The van der Waals surface area contributed by atoms with Gasteiger partial charge in [-0.25, -0.2) is 12.7 Å². The summed E-state index contributed by atoms with van der Waals surface area (Å²) in [4.78, 5) is 0. The van der Waals surface area contributed by atoms with Crippen molar-refractivity contribution in [2.45, 2.75) is 13.3 Å². The van der Waals surface area contributed by atoms with Gasteiger partial charge in [0, 0.05) is 19.6 Å². The largest absolute Gasteiger partial charge is 0.329 e. The zero-order chi connectivity index (χ0) is 8.91. The van der Waals surface area contributed by atoms with Gasteiger partial charge in [0.25, 0.3) is 0 Å². The minimum absolute atomic E-state index is 0.382. The fourth-order valence-corrected chi connectivity index (χ4v) is 1.79. The molecule has 5 heteroatoms. The van der Waals surface area contributed by atoms with Gasteiger partial charge in [0.05, 0.1) is 6.26 Å². The summed E-state index contributed by atoms with van der Waals surface area (Å²) in [5.74, 6) is 0. The lowest BCUT2D eigenvalue weighted by molar-refractivity contribution is 0.422. The Kier molecular flexibility index (Phi) is 4.63. The summed E-state index contributed by atoms with van der Waals surface area (Å²) in [6.45, 7) is 3.31. The topological polar surface area (TPSA) is 63.4 Å². The second-order valence-corrected chi connectivity index (χ2v) is 4.43. The maximum absolute atomic E-state index is 11.0. The van der Waals surface area contributed by atoms with Crippen LogP contribution in [0.25, 0.3) is 0 Å². The minimum Gasteiger partial charge on any atom is -0.329 e. The van der Waals surface area contributed by atoms with Crippen LogP contribution in [0.3, 0.4) is 0 Å². The third kappa shape index (κ3) is 4.34. The first kappa shape index (κ1) is 10.9. The summed E-state index contributed by atoms with van der Waals surface area (Å²) in [6, 6.07) is 0. The average Bonchev–Trinajstić information content (AvgIpc) is 1.85. The van der Waals surface area contributed by atoms with Gasteiger partial charge in [0.2, 0.25) is 10.0 Å². The number of hydrogen-bond donors (Lipinski definition) is 1. The fraction of sp³-hybridized carbons (Fsp3) is 1.00. The Labute approximate surface area is 68.4 Å². The molecule has 0 aliphatic rings. The Morgan fingerprint density at radius 2 is 1.91 bits per heavy atom. The molecule has 11 heavy (non-hydrogen) atoms. The van der Waals surface area contributed by atoms with E-state index < -0.39 is 10.0 Å². The molecule has 0 aromatic heterocycles. The third-order valence-electron chi connectivity index (χ3n) is 1.32. The van der Waals surface area contributed by atoms with Crippen LogP contribution in [0.5, 0.6) is 0 Å². The molecule has 0 aromatic rings. The van der Waals surface area contributed by atoms with Gasteiger partial charge >= 0.3 is 0 Å². The normalized spacial score (nSPS) is 12.4. The van der Waals surface area contributed by atoms with Crippen LogP contribution in [0.4, 0.5) is 0 Å². The number of nitrogens with zero attached hydrogens (tertiary/aromatic N) is 1. The minimum atomic E-state index is -3.04. The van der Waals surface area contributed by atoms with Gasteiger partial charge in [-0.15, -0.1) is 0 Å². The summed E-state index contributed by atoms with van der Waals surface area (Å²) in [7, 11) is -3.04. The van der Waals surface area contributed by atoms with Crippen molar-refractivity contribution in [1.29, 1.82) is 0 Å². The summed E-state index contributed by atoms with van der Waals surface area (Å²) in [5, 5.41) is 0. The molecule has 4 nitrogen and oxygen atoms in total. The van der Waals surface area contributed by atoms with Crippen molar-refractivity contribution in [3.8, 4) is 0 Å². The number of nitrogens with two attached hydrogens (primary N) is 1. The zero-order valence-corrected chi connectivity index (χ0v) is 7.89. The molecule has 0 bridgehead atoms. The van der Waals surface area contributed by atoms with E-state index in [-0.39, 0.29) is 0 Å². The van der Waals surface area contributed by atoms with Gasteiger partial charge in [0.15, 0.2) is 0 Å². The standard InChI is InChI=1S/C6H16N2O2S/c1-3-5-8(6-4-7)11(2,9)10/h3-7H2,1-2H3. The SMILES string of the molecule is CCCN(CCN)S(C)(=O)=O. The van der Waals surface area contributed by atoms with Crippen LogP contribution in [-0.4, -0.2) is 38.6 Å². The Hall–Kier alpha value is -0.130. The van der Waals surface area contributed by atoms with Crippen LogP contribution in [0.15, 0.2) is 0 Å². The zero-order valence-electron chi connectivity index (χ0n) is 7.08. The molecule has 0 heterocycles.